The number of carbonyl (C=O) groups excluding carboxylic acids is 1. The summed E-state index contributed by atoms with van der Waals surface area (Å²) < 4.78 is 0. The first-order chi connectivity index (χ1) is 10.0. The van der Waals surface area contributed by atoms with Crippen molar-refractivity contribution in [3.05, 3.63) is 44.0 Å². The number of aromatic amines is 1. The molecular formula is C14H16N4O2S. The summed E-state index contributed by atoms with van der Waals surface area (Å²) in [7, 11) is 1.69. The summed E-state index contributed by atoms with van der Waals surface area (Å²) in [6.07, 6.45) is 2.04. The lowest BCUT2D eigenvalue weighted by Crippen LogP contribution is -2.29. The Labute approximate surface area is 125 Å². The second kappa shape index (κ2) is 5.40. The van der Waals surface area contributed by atoms with E-state index in [0.29, 0.717) is 18.3 Å². The Morgan fingerprint density at radius 1 is 1.48 bits per heavy atom. The molecule has 1 N–H and O–H groups in total. The van der Waals surface area contributed by atoms with Gasteiger partial charge in [-0.1, -0.05) is 0 Å². The number of aromatic nitrogens is 3. The predicted molar refractivity (Wildman–Crippen MR) is 79.5 cm³/mol. The molecule has 7 heteroatoms. The maximum absolute atomic E-state index is 12.4. The van der Waals surface area contributed by atoms with Crippen LogP contribution >= 0.6 is 11.3 Å². The van der Waals surface area contributed by atoms with E-state index in [4.69, 9.17) is 0 Å². The lowest BCUT2D eigenvalue weighted by Gasteiger charge is -2.15. The van der Waals surface area contributed by atoms with Gasteiger partial charge in [0, 0.05) is 24.4 Å². The van der Waals surface area contributed by atoms with Crippen molar-refractivity contribution in [2.24, 2.45) is 0 Å². The molecule has 3 rings (SSSR count). The second-order valence-corrected chi connectivity index (χ2v) is 6.37. The van der Waals surface area contributed by atoms with Crippen molar-refractivity contribution in [2.75, 3.05) is 7.05 Å². The molecule has 0 aliphatic heterocycles. The van der Waals surface area contributed by atoms with Gasteiger partial charge < -0.3 is 9.88 Å². The highest BCUT2D eigenvalue weighted by Crippen LogP contribution is 2.37. The first-order valence-corrected chi connectivity index (χ1v) is 7.68. The van der Waals surface area contributed by atoms with Gasteiger partial charge in [0.25, 0.3) is 11.5 Å². The van der Waals surface area contributed by atoms with Crippen LogP contribution in [0.25, 0.3) is 0 Å². The molecule has 21 heavy (non-hydrogen) atoms. The highest BCUT2D eigenvalue weighted by molar-refractivity contribution is 7.09. The van der Waals surface area contributed by atoms with Crippen LogP contribution in [-0.4, -0.2) is 32.8 Å². The average Bonchev–Trinajstić information content (AvgIpc) is 3.21. The summed E-state index contributed by atoms with van der Waals surface area (Å²) in [5.74, 6) is 0.675. The molecule has 2 heterocycles. The highest BCUT2D eigenvalue weighted by Gasteiger charge is 2.27. The third-order valence-corrected chi connectivity index (χ3v) is 4.18. The zero-order valence-corrected chi connectivity index (χ0v) is 12.7. The third-order valence-electron chi connectivity index (χ3n) is 3.36. The van der Waals surface area contributed by atoms with Crippen LogP contribution in [0.15, 0.2) is 16.2 Å². The number of hydrogen-bond acceptors (Lipinski definition) is 5. The number of nitrogens with one attached hydrogen (secondary N) is 1. The van der Waals surface area contributed by atoms with Crippen molar-refractivity contribution < 1.29 is 4.79 Å². The Hall–Kier alpha value is -2.02. The summed E-state index contributed by atoms with van der Waals surface area (Å²) in [6, 6.07) is 1.26. The van der Waals surface area contributed by atoms with E-state index < -0.39 is 0 Å². The summed E-state index contributed by atoms with van der Waals surface area (Å²) in [6.45, 7) is 2.34. The normalized spacial score (nSPS) is 14.2. The van der Waals surface area contributed by atoms with E-state index in [1.807, 2.05) is 12.3 Å². The number of rotatable bonds is 4. The Balaban J connectivity index is 1.79. The number of H-pyrrole nitrogens is 1. The Bertz CT molecular complexity index is 733. The minimum Gasteiger partial charge on any atom is -0.334 e. The van der Waals surface area contributed by atoms with Gasteiger partial charge in [0.05, 0.1) is 17.2 Å². The Morgan fingerprint density at radius 2 is 2.24 bits per heavy atom. The number of nitrogens with zero attached hydrogens (tertiary/aromatic N) is 3. The van der Waals surface area contributed by atoms with Gasteiger partial charge in [-0.25, -0.2) is 9.97 Å². The lowest BCUT2D eigenvalue weighted by atomic mass is 10.3. The largest absolute Gasteiger partial charge is 0.334 e. The third kappa shape index (κ3) is 3.18. The zero-order valence-electron chi connectivity index (χ0n) is 11.9. The van der Waals surface area contributed by atoms with Crippen molar-refractivity contribution in [1.29, 1.82) is 0 Å². The fraction of sp³-hybridized carbons (Fsp3) is 0.429. The van der Waals surface area contributed by atoms with E-state index in [0.717, 1.165) is 23.5 Å². The number of hydrogen-bond donors (Lipinski definition) is 1. The molecule has 0 atom stereocenters. The smallest absolute Gasteiger partial charge is 0.272 e. The second-order valence-electron chi connectivity index (χ2n) is 5.31. The topological polar surface area (TPSA) is 79.0 Å². The van der Waals surface area contributed by atoms with E-state index in [1.54, 1.807) is 18.4 Å². The molecule has 1 aliphatic carbocycles. The van der Waals surface area contributed by atoms with Crippen LogP contribution in [0.1, 0.15) is 45.8 Å². The molecule has 0 aromatic carbocycles. The number of aryl methyl sites for hydroxylation is 1. The van der Waals surface area contributed by atoms with Crippen LogP contribution in [0.4, 0.5) is 0 Å². The molecule has 1 amide bonds. The molecule has 110 valence electrons. The molecule has 0 bridgehead atoms. The maximum atomic E-state index is 12.4. The van der Waals surface area contributed by atoms with E-state index >= 15 is 0 Å². The average molecular weight is 304 g/mol. The van der Waals surface area contributed by atoms with Gasteiger partial charge in [0.15, 0.2) is 0 Å². The first kappa shape index (κ1) is 13.9. The standard InChI is InChI=1S/C14H16N4O2S/c1-8-15-10(7-21-8)6-18(2)14(20)11-5-12(19)17-13(16-11)9-3-4-9/h5,7,9H,3-4,6H2,1-2H3,(H,16,17,19). The molecule has 0 radical (unpaired) electrons. The van der Waals surface area contributed by atoms with E-state index in [1.165, 1.54) is 11.0 Å². The van der Waals surface area contributed by atoms with Crippen LogP contribution in [0.2, 0.25) is 0 Å². The van der Waals surface area contributed by atoms with Crippen molar-refractivity contribution in [3.63, 3.8) is 0 Å². The molecule has 0 spiro atoms. The molecule has 2 aromatic heterocycles. The van der Waals surface area contributed by atoms with Gasteiger partial charge in [0.2, 0.25) is 0 Å². The van der Waals surface area contributed by atoms with Gasteiger partial charge in [-0.15, -0.1) is 11.3 Å². The number of amides is 1. The van der Waals surface area contributed by atoms with Gasteiger partial charge in [-0.2, -0.15) is 0 Å². The van der Waals surface area contributed by atoms with E-state index in [-0.39, 0.29) is 17.2 Å². The van der Waals surface area contributed by atoms with Crippen molar-refractivity contribution in [1.82, 2.24) is 19.9 Å². The highest BCUT2D eigenvalue weighted by atomic mass is 32.1. The number of carbonyl (C=O) groups is 1. The molecule has 1 fully saturated rings. The quantitative estimate of drug-likeness (QED) is 0.932. The molecule has 2 aromatic rings. The van der Waals surface area contributed by atoms with Crippen LogP contribution in [-0.2, 0) is 6.54 Å². The Morgan fingerprint density at radius 3 is 2.86 bits per heavy atom. The van der Waals surface area contributed by atoms with Gasteiger partial charge >= 0.3 is 0 Å². The SMILES string of the molecule is Cc1nc(CN(C)C(=O)c2cc(=O)[nH]c(C3CC3)n2)cs1. The van der Waals surface area contributed by atoms with Crippen molar-refractivity contribution in [2.45, 2.75) is 32.2 Å². The van der Waals surface area contributed by atoms with Gasteiger partial charge in [0.1, 0.15) is 11.5 Å². The fourth-order valence-corrected chi connectivity index (χ4v) is 2.73. The summed E-state index contributed by atoms with van der Waals surface area (Å²) in [5, 5.41) is 2.90. The first-order valence-electron chi connectivity index (χ1n) is 6.80. The molecule has 1 saturated carbocycles. The van der Waals surface area contributed by atoms with Crippen LogP contribution in [0.5, 0.6) is 0 Å². The monoisotopic (exact) mass is 304 g/mol. The summed E-state index contributed by atoms with van der Waals surface area (Å²) in [4.78, 5) is 36.9. The van der Waals surface area contributed by atoms with Crippen molar-refractivity contribution >= 4 is 17.2 Å². The summed E-state index contributed by atoms with van der Waals surface area (Å²) in [5.41, 5.74) is 0.781. The molecule has 6 nitrogen and oxygen atoms in total. The van der Waals surface area contributed by atoms with Crippen LogP contribution in [0.3, 0.4) is 0 Å². The maximum Gasteiger partial charge on any atom is 0.272 e. The zero-order chi connectivity index (χ0) is 15.0. The Kier molecular flexibility index (Phi) is 3.59. The fourth-order valence-electron chi connectivity index (χ4n) is 2.13. The van der Waals surface area contributed by atoms with E-state index in [9.17, 15) is 9.59 Å². The molecule has 0 saturated heterocycles. The number of thiazole rings is 1. The van der Waals surface area contributed by atoms with Gasteiger partial charge in [-0.3, -0.25) is 9.59 Å². The van der Waals surface area contributed by atoms with Crippen LogP contribution < -0.4 is 5.56 Å². The van der Waals surface area contributed by atoms with Gasteiger partial charge in [-0.05, 0) is 19.8 Å². The van der Waals surface area contributed by atoms with Crippen molar-refractivity contribution in [3.8, 4) is 0 Å². The lowest BCUT2D eigenvalue weighted by molar-refractivity contribution is 0.0777. The van der Waals surface area contributed by atoms with E-state index in [2.05, 4.69) is 15.0 Å². The molecule has 0 unspecified atom stereocenters. The minimum atomic E-state index is -0.270. The van der Waals surface area contributed by atoms with Crippen LogP contribution in [0, 0.1) is 6.92 Å². The predicted octanol–water partition coefficient (Wildman–Crippen LogP) is 1.68. The summed E-state index contributed by atoms with van der Waals surface area (Å²) >= 11 is 1.55. The molecular weight excluding hydrogens is 288 g/mol. The minimum absolute atomic E-state index is 0.204. The molecule has 1 aliphatic rings.